The third-order valence-corrected chi connectivity index (χ3v) is 5.09. The van der Waals surface area contributed by atoms with E-state index in [1.54, 1.807) is 4.90 Å². The Bertz CT molecular complexity index is 512. The molecular weight excluding hydrogens is 314 g/mol. The molecule has 2 heterocycles. The minimum absolute atomic E-state index is 0.0138. The number of carbonyl (C=O) groups excluding carboxylic acids is 3. The predicted octanol–water partition coefficient (Wildman–Crippen LogP) is -0.149. The summed E-state index contributed by atoms with van der Waals surface area (Å²) in [5.41, 5.74) is -0.992. The third kappa shape index (κ3) is 3.70. The molecule has 2 N–H and O–H groups in total. The maximum Gasteiger partial charge on any atom is 0.324 e. The van der Waals surface area contributed by atoms with E-state index < -0.39 is 23.6 Å². The standard InChI is InChI=1S/C16H25N3O5/c20-13(18-6-8-24-9-7-18)10-12-14(21)19(15(22)17-12)11-16(23)4-2-1-3-5-16/h12,23H,1-11H2,(H,17,22)/t12-/m1/s1. The lowest BCUT2D eigenvalue weighted by molar-refractivity contribution is -0.139. The van der Waals surface area contributed by atoms with Crippen molar-refractivity contribution >= 4 is 17.8 Å². The monoisotopic (exact) mass is 339 g/mol. The Balaban J connectivity index is 1.58. The first kappa shape index (κ1) is 17.2. The number of imide groups is 1. The summed E-state index contributed by atoms with van der Waals surface area (Å²) in [5.74, 6) is -0.573. The van der Waals surface area contributed by atoms with Gasteiger partial charge in [-0.15, -0.1) is 0 Å². The molecule has 8 nitrogen and oxygen atoms in total. The zero-order chi connectivity index (χ0) is 17.2. The SMILES string of the molecule is O=C(C[C@H]1NC(=O)N(CC2(O)CCCCC2)C1=O)N1CCOCC1. The molecule has 0 aromatic rings. The minimum Gasteiger partial charge on any atom is -0.388 e. The van der Waals surface area contributed by atoms with Crippen molar-refractivity contribution in [2.24, 2.45) is 0 Å². The van der Waals surface area contributed by atoms with Gasteiger partial charge in [-0.25, -0.2) is 4.79 Å². The van der Waals surface area contributed by atoms with Crippen molar-refractivity contribution in [2.45, 2.75) is 50.2 Å². The predicted molar refractivity (Wildman–Crippen MR) is 84.1 cm³/mol. The molecular formula is C16H25N3O5. The topological polar surface area (TPSA) is 99.2 Å². The van der Waals surface area contributed by atoms with Crippen LogP contribution in [0.15, 0.2) is 0 Å². The van der Waals surface area contributed by atoms with Gasteiger partial charge in [0.2, 0.25) is 5.91 Å². The number of nitrogens with zero attached hydrogens (tertiary/aromatic N) is 2. The van der Waals surface area contributed by atoms with Crippen molar-refractivity contribution in [1.29, 1.82) is 0 Å². The number of nitrogens with one attached hydrogen (secondary N) is 1. The van der Waals surface area contributed by atoms with Gasteiger partial charge in [0, 0.05) is 13.1 Å². The first-order chi connectivity index (χ1) is 11.5. The van der Waals surface area contributed by atoms with Crippen LogP contribution < -0.4 is 5.32 Å². The van der Waals surface area contributed by atoms with Gasteiger partial charge in [-0.1, -0.05) is 19.3 Å². The second-order valence-corrected chi connectivity index (χ2v) is 6.91. The van der Waals surface area contributed by atoms with Gasteiger partial charge in [-0.3, -0.25) is 14.5 Å². The Morgan fingerprint density at radius 1 is 1.21 bits per heavy atom. The number of morpholine rings is 1. The summed E-state index contributed by atoms with van der Waals surface area (Å²) >= 11 is 0. The molecule has 1 aliphatic carbocycles. The van der Waals surface area contributed by atoms with E-state index in [1.165, 1.54) is 0 Å². The fourth-order valence-electron chi connectivity index (χ4n) is 3.64. The molecule has 3 aliphatic rings. The Labute approximate surface area is 141 Å². The molecule has 134 valence electrons. The summed E-state index contributed by atoms with van der Waals surface area (Å²) in [5, 5.41) is 13.2. The van der Waals surface area contributed by atoms with Crippen LogP contribution in [-0.2, 0) is 14.3 Å². The molecule has 0 unspecified atom stereocenters. The molecule has 2 saturated heterocycles. The summed E-state index contributed by atoms with van der Waals surface area (Å²) in [6, 6.07) is -1.35. The quantitative estimate of drug-likeness (QED) is 0.694. The second-order valence-electron chi connectivity index (χ2n) is 6.91. The van der Waals surface area contributed by atoms with Gasteiger partial charge >= 0.3 is 6.03 Å². The molecule has 3 rings (SSSR count). The van der Waals surface area contributed by atoms with Crippen LogP contribution in [0.2, 0.25) is 0 Å². The summed E-state index contributed by atoms with van der Waals surface area (Å²) in [4.78, 5) is 39.6. The van der Waals surface area contributed by atoms with Crippen molar-refractivity contribution in [3.8, 4) is 0 Å². The number of rotatable bonds is 4. The Kier molecular flexibility index (Phi) is 5.05. The third-order valence-electron chi connectivity index (χ3n) is 5.09. The number of aliphatic hydroxyl groups is 1. The van der Waals surface area contributed by atoms with Gasteiger partial charge in [0.15, 0.2) is 0 Å². The first-order valence-electron chi connectivity index (χ1n) is 8.68. The summed E-state index contributed by atoms with van der Waals surface area (Å²) in [6.45, 7) is 2.03. The van der Waals surface area contributed by atoms with Crippen LogP contribution in [0.5, 0.6) is 0 Å². The maximum absolute atomic E-state index is 12.5. The average molecular weight is 339 g/mol. The Morgan fingerprint density at radius 2 is 1.88 bits per heavy atom. The van der Waals surface area contributed by atoms with Crippen LogP contribution in [0.1, 0.15) is 38.5 Å². The molecule has 4 amide bonds. The largest absolute Gasteiger partial charge is 0.388 e. The number of hydrogen-bond donors (Lipinski definition) is 2. The average Bonchev–Trinajstić information content (AvgIpc) is 2.83. The van der Waals surface area contributed by atoms with Crippen LogP contribution in [0, 0.1) is 0 Å². The van der Waals surface area contributed by atoms with E-state index in [9.17, 15) is 19.5 Å². The first-order valence-corrected chi connectivity index (χ1v) is 8.68. The minimum atomic E-state index is -0.992. The highest BCUT2D eigenvalue weighted by Gasteiger charge is 2.44. The van der Waals surface area contributed by atoms with Crippen molar-refractivity contribution in [3.63, 3.8) is 0 Å². The fourth-order valence-corrected chi connectivity index (χ4v) is 3.64. The zero-order valence-electron chi connectivity index (χ0n) is 13.8. The molecule has 2 aliphatic heterocycles. The van der Waals surface area contributed by atoms with Crippen molar-refractivity contribution in [1.82, 2.24) is 15.1 Å². The molecule has 0 aromatic carbocycles. The van der Waals surface area contributed by atoms with Crippen LogP contribution in [0.3, 0.4) is 0 Å². The molecule has 3 fully saturated rings. The zero-order valence-corrected chi connectivity index (χ0v) is 13.8. The number of β-amino-alcohol motifs (C(OH)–C–C–N with tert-alkyl or cyclic N) is 1. The second kappa shape index (κ2) is 7.06. The van der Waals surface area contributed by atoms with Crippen molar-refractivity contribution in [3.05, 3.63) is 0 Å². The molecule has 0 spiro atoms. The lowest BCUT2D eigenvalue weighted by Gasteiger charge is -2.34. The summed E-state index contributed by atoms with van der Waals surface area (Å²) < 4.78 is 5.20. The smallest absolute Gasteiger partial charge is 0.324 e. The number of hydrogen-bond acceptors (Lipinski definition) is 5. The number of amides is 4. The normalized spacial score (nSPS) is 27.3. The number of carbonyl (C=O) groups is 3. The Hall–Kier alpha value is -1.67. The summed E-state index contributed by atoms with van der Waals surface area (Å²) in [7, 11) is 0. The summed E-state index contributed by atoms with van der Waals surface area (Å²) in [6.07, 6.45) is 4.03. The van der Waals surface area contributed by atoms with E-state index in [1.807, 2.05) is 0 Å². The number of urea groups is 1. The lowest BCUT2D eigenvalue weighted by atomic mass is 9.84. The van der Waals surface area contributed by atoms with Crippen LogP contribution in [-0.4, -0.2) is 77.2 Å². The van der Waals surface area contributed by atoms with E-state index in [0.29, 0.717) is 39.1 Å². The molecule has 24 heavy (non-hydrogen) atoms. The van der Waals surface area contributed by atoms with Gasteiger partial charge < -0.3 is 20.1 Å². The molecule has 8 heteroatoms. The van der Waals surface area contributed by atoms with Crippen LogP contribution in [0.4, 0.5) is 4.79 Å². The highest BCUT2D eigenvalue weighted by molar-refractivity contribution is 6.05. The molecule has 0 radical (unpaired) electrons. The van der Waals surface area contributed by atoms with E-state index in [2.05, 4.69) is 5.32 Å². The molecule has 1 atom stereocenters. The Morgan fingerprint density at radius 3 is 2.54 bits per heavy atom. The fraction of sp³-hybridized carbons (Fsp3) is 0.812. The van der Waals surface area contributed by atoms with Crippen molar-refractivity contribution < 1.29 is 24.2 Å². The van der Waals surface area contributed by atoms with Gasteiger partial charge in [0.05, 0.1) is 31.8 Å². The van der Waals surface area contributed by atoms with Crippen molar-refractivity contribution in [2.75, 3.05) is 32.8 Å². The van der Waals surface area contributed by atoms with Gasteiger partial charge in [0.25, 0.3) is 5.91 Å². The lowest BCUT2D eigenvalue weighted by Crippen LogP contribution is -2.47. The van der Waals surface area contributed by atoms with E-state index in [-0.39, 0.29) is 18.9 Å². The maximum atomic E-state index is 12.5. The highest BCUT2D eigenvalue weighted by Crippen LogP contribution is 2.29. The molecule has 0 bridgehead atoms. The van der Waals surface area contributed by atoms with E-state index in [4.69, 9.17) is 4.74 Å². The van der Waals surface area contributed by atoms with Gasteiger partial charge in [0.1, 0.15) is 6.04 Å². The molecule has 0 aromatic heterocycles. The van der Waals surface area contributed by atoms with Crippen LogP contribution in [0.25, 0.3) is 0 Å². The molecule has 1 saturated carbocycles. The van der Waals surface area contributed by atoms with Crippen LogP contribution >= 0.6 is 0 Å². The van der Waals surface area contributed by atoms with Gasteiger partial charge in [-0.05, 0) is 12.8 Å². The van der Waals surface area contributed by atoms with E-state index >= 15 is 0 Å². The van der Waals surface area contributed by atoms with Gasteiger partial charge in [-0.2, -0.15) is 0 Å². The number of ether oxygens (including phenoxy) is 1. The van der Waals surface area contributed by atoms with E-state index in [0.717, 1.165) is 24.2 Å². The highest BCUT2D eigenvalue weighted by atomic mass is 16.5.